The molecule has 0 saturated carbocycles. The molecule has 2 aromatic carbocycles. The van der Waals surface area contributed by atoms with Gasteiger partial charge in [0.25, 0.3) is 0 Å². The summed E-state index contributed by atoms with van der Waals surface area (Å²) in [5.41, 5.74) is 0.474. The first kappa shape index (κ1) is 23.4. The second-order valence-electron chi connectivity index (χ2n) is 7.36. The molecule has 0 spiro atoms. The van der Waals surface area contributed by atoms with Crippen LogP contribution in [-0.4, -0.2) is 55.2 Å². The Hall–Kier alpha value is -2.29. The van der Waals surface area contributed by atoms with Crippen LogP contribution >= 0.6 is 11.6 Å². The van der Waals surface area contributed by atoms with Crippen LogP contribution in [0.25, 0.3) is 0 Å². The minimum Gasteiger partial charge on any atom is -0.379 e. The van der Waals surface area contributed by atoms with Crippen LogP contribution in [0.5, 0.6) is 0 Å². The monoisotopic (exact) mass is 455 g/mol. The molecule has 5 nitrogen and oxygen atoms in total. The molecule has 2 amide bonds. The Bertz CT molecular complexity index is 856. The average molecular weight is 456 g/mol. The number of nitrogens with one attached hydrogen (secondary N) is 1. The van der Waals surface area contributed by atoms with Gasteiger partial charge in [0.05, 0.1) is 18.8 Å². The van der Waals surface area contributed by atoms with Gasteiger partial charge in [-0.25, -0.2) is 4.79 Å². The third kappa shape index (κ3) is 7.41. The van der Waals surface area contributed by atoms with Crippen LogP contribution in [0.15, 0.2) is 48.5 Å². The van der Waals surface area contributed by atoms with Crippen molar-refractivity contribution in [1.82, 2.24) is 9.80 Å². The van der Waals surface area contributed by atoms with E-state index in [0.29, 0.717) is 36.0 Å². The highest BCUT2D eigenvalue weighted by Gasteiger charge is 2.30. The zero-order valence-electron chi connectivity index (χ0n) is 17.0. The van der Waals surface area contributed by atoms with E-state index in [1.807, 2.05) is 0 Å². The van der Waals surface area contributed by atoms with Crippen molar-refractivity contribution in [3.63, 3.8) is 0 Å². The van der Waals surface area contributed by atoms with Gasteiger partial charge in [-0.15, -0.1) is 0 Å². The highest BCUT2D eigenvalue weighted by molar-refractivity contribution is 6.30. The zero-order chi connectivity index (χ0) is 22.3. The summed E-state index contributed by atoms with van der Waals surface area (Å²) in [4.78, 5) is 16.8. The summed E-state index contributed by atoms with van der Waals surface area (Å²) >= 11 is 5.99. The van der Waals surface area contributed by atoms with Crippen molar-refractivity contribution in [2.75, 3.05) is 44.7 Å². The van der Waals surface area contributed by atoms with Crippen LogP contribution in [0.2, 0.25) is 5.02 Å². The second-order valence-corrected chi connectivity index (χ2v) is 7.80. The van der Waals surface area contributed by atoms with Gasteiger partial charge in [0, 0.05) is 43.4 Å². The minimum absolute atomic E-state index is 0.202. The first-order valence-corrected chi connectivity index (χ1v) is 10.5. The molecular formula is C22H25ClF3N3O2. The first-order valence-electron chi connectivity index (χ1n) is 10.1. The maximum Gasteiger partial charge on any atom is 0.416 e. The van der Waals surface area contributed by atoms with E-state index in [0.717, 1.165) is 38.2 Å². The van der Waals surface area contributed by atoms with Crippen molar-refractivity contribution < 1.29 is 22.7 Å². The molecule has 1 aliphatic rings. The van der Waals surface area contributed by atoms with E-state index in [4.69, 9.17) is 16.3 Å². The maximum absolute atomic E-state index is 12.9. The number of nitrogens with zero attached hydrogens (tertiary/aromatic N) is 2. The lowest BCUT2D eigenvalue weighted by Gasteiger charge is -2.28. The topological polar surface area (TPSA) is 44.8 Å². The van der Waals surface area contributed by atoms with E-state index < -0.39 is 11.7 Å². The van der Waals surface area contributed by atoms with Crippen LogP contribution < -0.4 is 5.32 Å². The van der Waals surface area contributed by atoms with E-state index in [1.54, 1.807) is 29.2 Å². The fourth-order valence-electron chi connectivity index (χ4n) is 3.35. The van der Waals surface area contributed by atoms with E-state index in [2.05, 4.69) is 10.2 Å². The van der Waals surface area contributed by atoms with Crippen molar-refractivity contribution in [3.05, 3.63) is 64.7 Å². The van der Waals surface area contributed by atoms with Gasteiger partial charge in [0.15, 0.2) is 0 Å². The number of amides is 2. The van der Waals surface area contributed by atoms with Crippen LogP contribution in [0.1, 0.15) is 17.5 Å². The molecule has 1 N–H and O–H groups in total. The SMILES string of the molecule is O=C(Nc1cccc(Cl)c1)N(CCCN1CCOCC1)Cc1ccc(C(F)(F)F)cc1. The predicted octanol–water partition coefficient (Wildman–Crippen LogP) is 5.12. The third-order valence-corrected chi connectivity index (χ3v) is 5.26. The van der Waals surface area contributed by atoms with Crippen molar-refractivity contribution in [3.8, 4) is 0 Å². The lowest BCUT2D eigenvalue weighted by molar-refractivity contribution is -0.137. The highest BCUT2D eigenvalue weighted by Crippen LogP contribution is 2.29. The van der Waals surface area contributed by atoms with Crippen LogP contribution in [0.3, 0.4) is 0 Å². The molecule has 0 aliphatic carbocycles. The van der Waals surface area contributed by atoms with Gasteiger partial charge in [0.2, 0.25) is 0 Å². The van der Waals surface area contributed by atoms with E-state index in [1.165, 1.54) is 12.1 Å². The van der Waals surface area contributed by atoms with Gasteiger partial charge < -0.3 is 15.0 Å². The lowest BCUT2D eigenvalue weighted by Crippen LogP contribution is -2.40. The van der Waals surface area contributed by atoms with Gasteiger partial charge in [-0.1, -0.05) is 29.8 Å². The molecule has 0 unspecified atom stereocenters. The summed E-state index contributed by atoms with van der Waals surface area (Å²) in [6.07, 6.45) is -3.65. The largest absolute Gasteiger partial charge is 0.416 e. The number of hydrogen-bond acceptors (Lipinski definition) is 3. The summed E-state index contributed by atoms with van der Waals surface area (Å²) in [7, 11) is 0. The molecule has 0 atom stereocenters. The highest BCUT2D eigenvalue weighted by atomic mass is 35.5. The van der Waals surface area contributed by atoms with Crippen molar-refractivity contribution in [2.45, 2.75) is 19.1 Å². The Morgan fingerprint density at radius 3 is 2.48 bits per heavy atom. The number of rotatable bonds is 7. The molecule has 31 heavy (non-hydrogen) atoms. The number of halogens is 4. The van der Waals surface area contributed by atoms with E-state index >= 15 is 0 Å². The fourth-order valence-corrected chi connectivity index (χ4v) is 3.54. The molecule has 2 aromatic rings. The molecule has 1 saturated heterocycles. The standard InChI is InChI=1S/C22H25ClF3N3O2/c23-19-3-1-4-20(15-19)27-21(30)29(10-2-9-28-11-13-31-14-12-28)16-17-5-7-18(8-6-17)22(24,25)26/h1,3-8,15H,2,9-14,16H2,(H,27,30). The molecule has 1 heterocycles. The van der Waals surface area contributed by atoms with Gasteiger partial charge in [-0.05, 0) is 42.3 Å². The van der Waals surface area contributed by atoms with Gasteiger partial charge >= 0.3 is 12.2 Å². The number of ether oxygens (including phenoxy) is 1. The number of hydrogen-bond donors (Lipinski definition) is 1. The zero-order valence-corrected chi connectivity index (χ0v) is 17.8. The Morgan fingerprint density at radius 2 is 1.84 bits per heavy atom. The lowest BCUT2D eigenvalue weighted by atomic mass is 10.1. The molecule has 0 bridgehead atoms. The van der Waals surface area contributed by atoms with E-state index in [-0.39, 0.29) is 12.6 Å². The molecule has 9 heteroatoms. The van der Waals surface area contributed by atoms with Crippen LogP contribution in [-0.2, 0) is 17.5 Å². The summed E-state index contributed by atoms with van der Waals surface area (Å²) in [5.74, 6) is 0. The van der Waals surface area contributed by atoms with Crippen LogP contribution in [0, 0.1) is 0 Å². The van der Waals surface area contributed by atoms with Crippen LogP contribution in [0.4, 0.5) is 23.7 Å². The smallest absolute Gasteiger partial charge is 0.379 e. The Morgan fingerprint density at radius 1 is 1.13 bits per heavy atom. The molecule has 1 fully saturated rings. The number of carbonyl (C=O) groups is 1. The Labute approximate surface area is 184 Å². The summed E-state index contributed by atoms with van der Waals surface area (Å²) in [6, 6.07) is 11.4. The average Bonchev–Trinajstić information content (AvgIpc) is 2.73. The molecular weight excluding hydrogens is 431 g/mol. The molecule has 0 aromatic heterocycles. The van der Waals surface area contributed by atoms with Gasteiger partial charge in [-0.2, -0.15) is 13.2 Å². The van der Waals surface area contributed by atoms with Crippen molar-refractivity contribution in [1.29, 1.82) is 0 Å². The second kappa shape index (κ2) is 10.8. The predicted molar refractivity (Wildman–Crippen MR) is 114 cm³/mol. The normalized spacial score (nSPS) is 15.0. The quantitative estimate of drug-likeness (QED) is 0.630. The summed E-state index contributed by atoms with van der Waals surface area (Å²) < 4.78 is 43.8. The molecule has 0 radical (unpaired) electrons. The van der Waals surface area contributed by atoms with Crippen molar-refractivity contribution in [2.24, 2.45) is 0 Å². The molecule has 3 rings (SSSR count). The number of morpholine rings is 1. The Kier molecular flexibility index (Phi) is 8.17. The fraction of sp³-hybridized carbons (Fsp3) is 0.409. The first-order chi connectivity index (χ1) is 14.8. The number of urea groups is 1. The third-order valence-electron chi connectivity index (χ3n) is 5.02. The minimum atomic E-state index is -4.39. The van der Waals surface area contributed by atoms with E-state index in [9.17, 15) is 18.0 Å². The van der Waals surface area contributed by atoms with Crippen molar-refractivity contribution >= 4 is 23.3 Å². The number of anilines is 1. The molecule has 168 valence electrons. The summed E-state index contributed by atoms with van der Waals surface area (Å²) in [5, 5.41) is 3.32. The van der Waals surface area contributed by atoms with Gasteiger partial charge in [-0.3, -0.25) is 4.90 Å². The molecule has 1 aliphatic heterocycles. The number of carbonyl (C=O) groups excluding carboxylic acids is 1. The summed E-state index contributed by atoms with van der Waals surface area (Å²) in [6.45, 7) is 4.59. The number of benzene rings is 2. The van der Waals surface area contributed by atoms with Gasteiger partial charge in [0.1, 0.15) is 0 Å². The number of alkyl halides is 3. The maximum atomic E-state index is 12.9. The Balaban J connectivity index is 1.65.